The van der Waals surface area contributed by atoms with Crippen molar-refractivity contribution in [3.8, 4) is 0 Å². The van der Waals surface area contributed by atoms with E-state index in [4.69, 9.17) is 5.73 Å². The predicted octanol–water partition coefficient (Wildman–Crippen LogP) is -0.172. The molecule has 0 aliphatic rings. The van der Waals surface area contributed by atoms with Gasteiger partial charge in [-0.3, -0.25) is 4.79 Å². The van der Waals surface area contributed by atoms with Crippen LogP contribution in [0.2, 0.25) is 0 Å². The van der Waals surface area contributed by atoms with E-state index in [1.54, 1.807) is 23.0 Å². The van der Waals surface area contributed by atoms with E-state index in [2.05, 4.69) is 10.1 Å². The van der Waals surface area contributed by atoms with Crippen molar-refractivity contribution in [1.82, 2.24) is 14.6 Å². The van der Waals surface area contributed by atoms with Crippen LogP contribution in [0.1, 0.15) is 10.5 Å². The molecule has 0 saturated carbocycles. The number of carbonyl (C=O) groups is 1. The van der Waals surface area contributed by atoms with Crippen LogP contribution in [0.4, 0.5) is 0 Å². The van der Waals surface area contributed by atoms with E-state index in [1.807, 2.05) is 0 Å². The Hall–Kier alpha value is -1.91. The van der Waals surface area contributed by atoms with Crippen molar-refractivity contribution in [2.75, 3.05) is 0 Å². The van der Waals surface area contributed by atoms with Crippen molar-refractivity contribution < 1.29 is 4.79 Å². The molecule has 12 heavy (non-hydrogen) atoms. The minimum atomic E-state index is -0.529. The van der Waals surface area contributed by atoms with Crippen molar-refractivity contribution >= 4 is 11.6 Å². The second kappa shape index (κ2) is 2.30. The Morgan fingerprint density at radius 2 is 2.33 bits per heavy atom. The lowest BCUT2D eigenvalue weighted by Crippen LogP contribution is -2.13. The predicted molar refractivity (Wildman–Crippen MR) is 41.5 cm³/mol. The highest BCUT2D eigenvalue weighted by atomic mass is 16.1. The fourth-order valence-electron chi connectivity index (χ4n) is 0.950. The van der Waals surface area contributed by atoms with Gasteiger partial charge in [-0.05, 0) is 6.07 Å². The summed E-state index contributed by atoms with van der Waals surface area (Å²) in [5.41, 5.74) is 5.91. The molecule has 2 rings (SSSR count). The van der Waals surface area contributed by atoms with Crippen molar-refractivity contribution in [1.29, 1.82) is 0 Å². The highest BCUT2D eigenvalue weighted by Gasteiger charge is 2.02. The monoisotopic (exact) mass is 162 g/mol. The molecule has 2 heterocycles. The molecule has 0 fully saturated rings. The molecule has 0 aliphatic carbocycles. The third-order valence-electron chi connectivity index (χ3n) is 1.51. The van der Waals surface area contributed by atoms with Gasteiger partial charge in [-0.25, -0.2) is 9.50 Å². The normalized spacial score (nSPS) is 10.3. The van der Waals surface area contributed by atoms with Crippen LogP contribution in [-0.2, 0) is 0 Å². The average molecular weight is 162 g/mol. The Labute approximate surface area is 67.8 Å². The van der Waals surface area contributed by atoms with Gasteiger partial charge in [0.2, 0.25) is 0 Å². The van der Waals surface area contributed by atoms with Gasteiger partial charge in [0.25, 0.3) is 5.91 Å². The summed E-state index contributed by atoms with van der Waals surface area (Å²) in [6, 6.07) is 3.23. The zero-order valence-electron chi connectivity index (χ0n) is 6.14. The smallest absolute Gasteiger partial charge is 0.267 e. The van der Waals surface area contributed by atoms with Crippen LogP contribution in [0.5, 0.6) is 0 Å². The molecule has 5 heteroatoms. The number of carbonyl (C=O) groups excluding carboxylic acids is 1. The van der Waals surface area contributed by atoms with Crippen LogP contribution in [0.15, 0.2) is 24.5 Å². The van der Waals surface area contributed by atoms with Crippen molar-refractivity contribution in [2.24, 2.45) is 5.73 Å². The molecule has 0 saturated heterocycles. The van der Waals surface area contributed by atoms with E-state index in [-0.39, 0.29) is 5.69 Å². The highest BCUT2D eigenvalue weighted by Crippen LogP contribution is 1.99. The molecule has 60 valence electrons. The van der Waals surface area contributed by atoms with Gasteiger partial charge < -0.3 is 5.73 Å². The molecular formula is C7H6N4O. The van der Waals surface area contributed by atoms with E-state index in [0.29, 0.717) is 5.65 Å². The maximum atomic E-state index is 10.7. The van der Waals surface area contributed by atoms with E-state index in [0.717, 1.165) is 0 Å². The zero-order valence-corrected chi connectivity index (χ0v) is 6.14. The summed E-state index contributed by atoms with van der Waals surface area (Å²) in [6.07, 6.45) is 3.25. The Morgan fingerprint density at radius 1 is 1.50 bits per heavy atom. The maximum Gasteiger partial charge on any atom is 0.267 e. The Kier molecular flexibility index (Phi) is 1.30. The summed E-state index contributed by atoms with van der Waals surface area (Å²) in [5, 5.41) is 3.92. The number of fused-ring (bicyclic) bond motifs is 1. The standard InChI is InChI=1S/C7H6N4O/c8-7(12)5-2-4-11-6(10-5)1-3-9-11/h1-4H,(H2,8,12). The SMILES string of the molecule is NC(=O)c1ccn2nccc2n1. The quantitative estimate of drug-likeness (QED) is 0.632. The molecule has 0 bridgehead atoms. The van der Waals surface area contributed by atoms with Gasteiger partial charge in [0.05, 0.1) is 6.20 Å². The number of aromatic nitrogens is 3. The third kappa shape index (κ3) is 0.914. The van der Waals surface area contributed by atoms with Crippen molar-refractivity contribution in [2.45, 2.75) is 0 Å². The fourth-order valence-corrected chi connectivity index (χ4v) is 0.950. The summed E-state index contributed by atoms with van der Waals surface area (Å²) in [6.45, 7) is 0. The van der Waals surface area contributed by atoms with Crippen LogP contribution < -0.4 is 5.73 Å². The van der Waals surface area contributed by atoms with Crippen molar-refractivity contribution in [3.05, 3.63) is 30.2 Å². The van der Waals surface area contributed by atoms with Gasteiger partial charge in [-0.15, -0.1) is 0 Å². The Bertz CT molecular complexity index is 434. The van der Waals surface area contributed by atoms with E-state index >= 15 is 0 Å². The molecular weight excluding hydrogens is 156 g/mol. The first kappa shape index (κ1) is 6.78. The molecule has 0 aromatic carbocycles. The zero-order chi connectivity index (χ0) is 8.55. The van der Waals surface area contributed by atoms with Crippen LogP contribution in [0.3, 0.4) is 0 Å². The molecule has 0 aliphatic heterocycles. The lowest BCUT2D eigenvalue weighted by molar-refractivity contribution is 0.0995. The number of nitrogens with two attached hydrogens (primary N) is 1. The summed E-state index contributed by atoms with van der Waals surface area (Å²) >= 11 is 0. The summed E-state index contributed by atoms with van der Waals surface area (Å²) in [4.78, 5) is 14.7. The van der Waals surface area contributed by atoms with Crippen LogP contribution in [0, 0.1) is 0 Å². The summed E-state index contributed by atoms with van der Waals surface area (Å²) in [7, 11) is 0. The second-order valence-electron chi connectivity index (χ2n) is 2.31. The van der Waals surface area contributed by atoms with Gasteiger partial charge in [-0.1, -0.05) is 0 Å². The van der Waals surface area contributed by atoms with E-state index < -0.39 is 5.91 Å². The maximum absolute atomic E-state index is 10.7. The lowest BCUT2D eigenvalue weighted by atomic mass is 10.4. The second-order valence-corrected chi connectivity index (χ2v) is 2.31. The minimum Gasteiger partial charge on any atom is -0.364 e. The molecule has 0 spiro atoms. The number of hydrogen-bond acceptors (Lipinski definition) is 3. The first-order valence-electron chi connectivity index (χ1n) is 3.37. The summed E-state index contributed by atoms with van der Waals surface area (Å²) < 4.78 is 1.56. The number of primary amides is 1. The van der Waals surface area contributed by atoms with Gasteiger partial charge in [-0.2, -0.15) is 5.10 Å². The van der Waals surface area contributed by atoms with Crippen molar-refractivity contribution in [3.63, 3.8) is 0 Å². The molecule has 5 nitrogen and oxygen atoms in total. The number of hydrogen-bond donors (Lipinski definition) is 1. The number of amides is 1. The summed E-state index contributed by atoms with van der Waals surface area (Å²) in [5.74, 6) is -0.529. The third-order valence-corrected chi connectivity index (χ3v) is 1.51. The molecule has 1 amide bonds. The number of nitrogens with zero attached hydrogens (tertiary/aromatic N) is 3. The first-order chi connectivity index (χ1) is 5.77. The molecule has 0 unspecified atom stereocenters. The largest absolute Gasteiger partial charge is 0.364 e. The molecule has 2 N–H and O–H groups in total. The number of rotatable bonds is 1. The fraction of sp³-hybridized carbons (Fsp3) is 0. The van der Waals surface area contributed by atoms with Crippen LogP contribution in [-0.4, -0.2) is 20.5 Å². The van der Waals surface area contributed by atoms with Crippen LogP contribution >= 0.6 is 0 Å². The highest BCUT2D eigenvalue weighted by molar-refractivity contribution is 5.91. The Balaban J connectivity index is 2.68. The Morgan fingerprint density at radius 3 is 3.08 bits per heavy atom. The molecule has 2 aromatic rings. The van der Waals surface area contributed by atoms with Gasteiger partial charge in [0, 0.05) is 12.3 Å². The minimum absolute atomic E-state index is 0.253. The van der Waals surface area contributed by atoms with E-state index in [1.165, 1.54) is 6.07 Å². The van der Waals surface area contributed by atoms with Crippen LogP contribution in [0.25, 0.3) is 5.65 Å². The molecule has 0 atom stereocenters. The first-order valence-corrected chi connectivity index (χ1v) is 3.37. The van der Waals surface area contributed by atoms with Gasteiger partial charge in [0.15, 0.2) is 5.65 Å². The average Bonchev–Trinajstić information content (AvgIpc) is 2.49. The molecule has 0 radical (unpaired) electrons. The topological polar surface area (TPSA) is 73.3 Å². The van der Waals surface area contributed by atoms with E-state index in [9.17, 15) is 4.79 Å². The molecule has 2 aromatic heterocycles. The van der Waals surface area contributed by atoms with Gasteiger partial charge in [0.1, 0.15) is 5.69 Å². The lowest BCUT2D eigenvalue weighted by Gasteiger charge is -1.94. The van der Waals surface area contributed by atoms with Gasteiger partial charge >= 0.3 is 0 Å².